The monoisotopic (exact) mass is 742 g/mol. The fourth-order valence-electron chi connectivity index (χ4n) is 5.96. The normalized spacial score (nSPS) is 14.2. The lowest BCUT2D eigenvalue weighted by Gasteiger charge is -2.20. The lowest BCUT2D eigenvalue weighted by atomic mass is 9.90. The molecule has 7 nitrogen and oxygen atoms in total. The van der Waals surface area contributed by atoms with E-state index in [1.165, 1.54) is 31.2 Å². The van der Waals surface area contributed by atoms with Crippen molar-refractivity contribution in [2.75, 3.05) is 0 Å². The smallest absolute Gasteiger partial charge is 0.263 e. The quantitative estimate of drug-likeness (QED) is 0.127. The third-order valence-corrected chi connectivity index (χ3v) is 11.5. The highest BCUT2D eigenvalue weighted by Crippen LogP contribution is 2.46. The standard InChI is InChI=1S/C37H26ClF2N4O3PS2/c1-21(45)43-49(46)29-13-14-30(32(38)18-29)23-4-2-5-24(16-23)36-35(34-25(19-41)6-3-7-26(34)20-42)31-17-27(48)10-15-33(31)44(36)50(47)28-11-8-22(9-12-28)37(39)40/h2-12,15-18,37H,13-14,48H2,1H3,(H,43,45). The van der Waals surface area contributed by atoms with E-state index in [1.807, 2.05) is 36.4 Å². The lowest BCUT2D eigenvalue weighted by molar-refractivity contribution is -0.117. The van der Waals surface area contributed by atoms with Gasteiger partial charge in [0, 0.05) is 52.1 Å². The van der Waals surface area contributed by atoms with E-state index in [4.69, 9.17) is 11.6 Å². The number of amides is 1. The molecule has 1 aliphatic rings. The molecule has 1 aromatic heterocycles. The van der Waals surface area contributed by atoms with Gasteiger partial charge in [0.05, 0.1) is 28.8 Å². The minimum Gasteiger partial charge on any atom is -0.588 e. The van der Waals surface area contributed by atoms with Crippen molar-refractivity contribution in [3.05, 3.63) is 123 Å². The maximum atomic E-state index is 14.6. The summed E-state index contributed by atoms with van der Waals surface area (Å²) in [5.74, 6) is -0.428. The van der Waals surface area contributed by atoms with Crippen LogP contribution in [-0.4, -0.2) is 19.0 Å². The van der Waals surface area contributed by atoms with E-state index in [0.29, 0.717) is 56.1 Å². The minimum atomic E-state index is -2.70. The van der Waals surface area contributed by atoms with Gasteiger partial charge in [0.25, 0.3) is 12.3 Å². The number of halogens is 3. The number of nitrogens with one attached hydrogen (secondary N) is 1. The molecule has 1 heterocycles. The molecule has 250 valence electrons. The summed E-state index contributed by atoms with van der Waals surface area (Å²) in [6.07, 6.45) is -0.309. The highest BCUT2D eigenvalue weighted by Gasteiger charge is 2.31. The van der Waals surface area contributed by atoms with E-state index in [-0.39, 0.29) is 21.6 Å². The number of nitriles is 2. The van der Waals surface area contributed by atoms with Gasteiger partial charge in [-0.1, -0.05) is 41.9 Å². The van der Waals surface area contributed by atoms with Crippen LogP contribution in [0.15, 0.2) is 106 Å². The Kier molecular flexibility index (Phi) is 10.5. The Morgan fingerprint density at radius 2 is 1.60 bits per heavy atom. The molecular formula is C37H26ClF2N4O3PS2. The lowest BCUT2D eigenvalue weighted by Crippen LogP contribution is -2.29. The Morgan fingerprint density at radius 1 is 0.940 bits per heavy atom. The summed E-state index contributed by atoms with van der Waals surface area (Å²) >= 11 is 3.04. The zero-order chi connectivity index (χ0) is 35.7. The second kappa shape index (κ2) is 14.8. The third-order valence-electron chi connectivity index (χ3n) is 8.16. The first-order valence-corrected chi connectivity index (χ1v) is 18.3. The highest BCUT2D eigenvalue weighted by atomic mass is 35.5. The van der Waals surface area contributed by atoms with Gasteiger partial charge < -0.3 is 9.11 Å². The van der Waals surface area contributed by atoms with Gasteiger partial charge in [0.15, 0.2) is 9.80 Å². The van der Waals surface area contributed by atoms with Crippen LogP contribution in [0.25, 0.3) is 38.9 Å². The van der Waals surface area contributed by atoms with E-state index >= 15 is 0 Å². The predicted molar refractivity (Wildman–Crippen MR) is 197 cm³/mol. The van der Waals surface area contributed by atoms with E-state index in [2.05, 4.69) is 26.1 Å². The van der Waals surface area contributed by atoms with Crippen molar-refractivity contribution >= 4 is 71.3 Å². The average Bonchev–Trinajstić information content (AvgIpc) is 3.44. The molecule has 0 radical (unpaired) electrons. The number of carbonyl (C=O) groups excluding carboxylic acids is 1. The average molecular weight is 743 g/mol. The SMILES string of the molecule is CC(=O)N[S+]([O-])C1=CC(Cl)=C(c2cccc(-c3c(-c4c(C#N)cccc4C#N)c4cc(P)ccc4n3[S+]([O-])c3ccc(C(F)F)cc3)c2)CC1. The molecule has 1 aliphatic carbocycles. The molecule has 6 rings (SSSR count). The van der Waals surface area contributed by atoms with Gasteiger partial charge in [-0.25, -0.2) is 8.78 Å². The van der Waals surface area contributed by atoms with Crippen molar-refractivity contribution in [3.8, 4) is 34.5 Å². The van der Waals surface area contributed by atoms with Crippen LogP contribution in [0.1, 0.15) is 48.4 Å². The van der Waals surface area contributed by atoms with Gasteiger partial charge in [-0.2, -0.15) is 19.2 Å². The van der Waals surface area contributed by atoms with Gasteiger partial charge >= 0.3 is 0 Å². The molecule has 3 unspecified atom stereocenters. The third kappa shape index (κ3) is 6.82. The number of hydrogen-bond donors (Lipinski definition) is 1. The number of aromatic nitrogens is 1. The molecule has 0 bridgehead atoms. The molecule has 5 aromatic rings. The van der Waals surface area contributed by atoms with Crippen LogP contribution in [0.5, 0.6) is 0 Å². The van der Waals surface area contributed by atoms with E-state index in [9.17, 15) is 33.2 Å². The van der Waals surface area contributed by atoms with Crippen molar-refractivity contribution in [2.45, 2.75) is 31.1 Å². The van der Waals surface area contributed by atoms with E-state index in [0.717, 1.165) is 16.4 Å². The summed E-state index contributed by atoms with van der Waals surface area (Å²) in [6.45, 7) is 1.28. The second-order valence-corrected chi connectivity index (χ2v) is 15.0. The first kappa shape index (κ1) is 35.4. The molecule has 4 aromatic carbocycles. The van der Waals surface area contributed by atoms with Crippen molar-refractivity contribution in [1.82, 2.24) is 8.69 Å². The second-order valence-electron chi connectivity index (χ2n) is 11.3. The molecule has 13 heteroatoms. The number of hydrogen-bond acceptors (Lipinski definition) is 5. The molecule has 0 saturated heterocycles. The number of allylic oxidation sites excluding steroid dienone is 4. The molecule has 0 aliphatic heterocycles. The van der Waals surface area contributed by atoms with Crippen molar-refractivity contribution in [3.63, 3.8) is 0 Å². The Labute approximate surface area is 300 Å². The van der Waals surface area contributed by atoms with Crippen LogP contribution in [0, 0.1) is 22.7 Å². The molecule has 1 N–H and O–H groups in total. The number of nitrogens with zero attached hydrogens (tertiary/aromatic N) is 3. The number of benzene rings is 4. The first-order valence-electron chi connectivity index (χ1n) is 15.1. The summed E-state index contributed by atoms with van der Waals surface area (Å²) in [6, 6.07) is 27.4. The van der Waals surface area contributed by atoms with Crippen LogP contribution in [-0.2, 0) is 27.5 Å². The largest absolute Gasteiger partial charge is 0.588 e. The molecule has 1 amide bonds. The van der Waals surface area contributed by atoms with Crippen LogP contribution in [0.3, 0.4) is 0 Å². The van der Waals surface area contributed by atoms with Crippen molar-refractivity contribution in [1.29, 1.82) is 10.5 Å². The summed E-state index contributed by atoms with van der Waals surface area (Å²) in [4.78, 5) is 12.2. The number of fused-ring (bicyclic) bond motifs is 1. The Morgan fingerprint density at radius 3 is 2.22 bits per heavy atom. The summed E-state index contributed by atoms with van der Waals surface area (Å²) in [5.41, 5.74) is 4.18. The number of alkyl halides is 2. The maximum Gasteiger partial charge on any atom is 0.263 e. The Bertz CT molecular complexity index is 2280. The van der Waals surface area contributed by atoms with Gasteiger partial charge in [-0.3, -0.25) is 4.79 Å². The summed E-state index contributed by atoms with van der Waals surface area (Å²) < 4.78 is 58.1. The minimum absolute atomic E-state index is 0.207. The Balaban J connectivity index is 1.64. The van der Waals surface area contributed by atoms with Gasteiger partial charge in [-0.05, 0) is 77.5 Å². The van der Waals surface area contributed by atoms with Crippen molar-refractivity contribution < 1.29 is 22.7 Å². The fourth-order valence-corrected chi connectivity index (χ4v) is 8.81. The molecule has 0 saturated carbocycles. The summed E-state index contributed by atoms with van der Waals surface area (Å²) in [7, 11) is 2.63. The topological polar surface area (TPSA) is 128 Å². The highest BCUT2D eigenvalue weighted by molar-refractivity contribution is 7.93. The summed E-state index contributed by atoms with van der Waals surface area (Å²) in [5, 5.41) is 22.3. The van der Waals surface area contributed by atoms with Crippen LogP contribution < -0.4 is 10.0 Å². The van der Waals surface area contributed by atoms with Gasteiger partial charge in [0.2, 0.25) is 0 Å². The molecule has 3 atom stereocenters. The fraction of sp³-hybridized carbons (Fsp3) is 0.108. The van der Waals surface area contributed by atoms with Crippen LogP contribution >= 0.6 is 20.8 Å². The maximum absolute atomic E-state index is 14.6. The molecule has 0 fully saturated rings. The van der Waals surface area contributed by atoms with Gasteiger partial charge in [0.1, 0.15) is 28.4 Å². The first-order chi connectivity index (χ1) is 24.0. The van der Waals surface area contributed by atoms with Crippen LogP contribution in [0.2, 0.25) is 0 Å². The molecule has 0 spiro atoms. The van der Waals surface area contributed by atoms with Crippen molar-refractivity contribution in [2.24, 2.45) is 0 Å². The Hall–Kier alpha value is -4.45. The van der Waals surface area contributed by atoms with E-state index in [1.54, 1.807) is 34.3 Å². The van der Waals surface area contributed by atoms with Crippen LogP contribution in [0.4, 0.5) is 8.78 Å². The van der Waals surface area contributed by atoms with E-state index < -0.39 is 35.1 Å². The van der Waals surface area contributed by atoms with Gasteiger partial charge in [-0.15, -0.1) is 9.24 Å². The molecule has 50 heavy (non-hydrogen) atoms. The number of rotatable bonds is 8. The molecular weight excluding hydrogens is 717 g/mol. The zero-order valence-corrected chi connectivity index (χ0v) is 29.8. The zero-order valence-electron chi connectivity index (χ0n) is 26.2. The number of carbonyl (C=O) groups is 1. The predicted octanol–water partition coefficient (Wildman–Crippen LogP) is 8.15.